The quantitative estimate of drug-likeness (QED) is 0.726. The standard InChI is InChI=1S/C15H22BrN3O2.ClH/c1-21-12-3-4-14(16)13(11-12)15(20)18-5-2-8-19-9-6-17-7-10-19;/h3-4,11,17H,2,5-10H2,1H3,(H,18,20);1H. The molecule has 5 nitrogen and oxygen atoms in total. The summed E-state index contributed by atoms with van der Waals surface area (Å²) in [6.07, 6.45) is 0.966. The first kappa shape index (κ1) is 19.2. The SMILES string of the molecule is COc1ccc(Br)c(C(=O)NCCCN2CCNCC2)c1.Cl. The van der Waals surface area contributed by atoms with Crippen molar-refractivity contribution in [1.82, 2.24) is 15.5 Å². The van der Waals surface area contributed by atoms with E-state index in [-0.39, 0.29) is 18.3 Å². The van der Waals surface area contributed by atoms with Crippen LogP contribution in [0.2, 0.25) is 0 Å². The smallest absolute Gasteiger partial charge is 0.252 e. The minimum absolute atomic E-state index is 0. The van der Waals surface area contributed by atoms with Crippen molar-refractivity contribution in [3.05, 3.63) is 28.2 Å². The Morgan fingerprint density at radius 3 is 2.82 bits per heavy atom. The zero-order valence-electron chi connectivity index (χ0n) is 12.7. The van der Waals surface area contributed by atoms with Crippen LogP contribution < -0.4 is 15.4 Å². The fourth-order valence-electron chi connectivity index (χ4n) is 2.34. The van der Waals surface area contributed by atoms with Gasteiger partial charge in [0, 0.05) is 37.2 Å². The summed E-state index contributed by atoms with van der Waals surface area (Å²) in [7, 11) is 1.60. The van der Waals surface area contributed by atoms with Gasteiger partial charge in [0.15, 0.2) is 0 Å². The van der Waals surface area contributed by atoms with Gasteiger partial charge in [0.25, 0.3) is 5.91 Å². The largest absolute Gasteiger partial charge is 0.497 e. The molecule has 0 spiro atoms. The van der Waals surface area contributed by atoms with E-state index in [4.69, 9.17) is 4.74 Å². The molecule has 0 atom stereocenters. The molecular formula is C15H23BrClN3O2. The normalized spacial score (nSPS) is 15.0. The van der Waals surface area contributed by atoms with Crippen LogP contribution in [0, 0.1) is 0 Å². The molecule has 2 N–H and O–H groups in total. The summed E-state index contributed by atoms with van der Waals surface area (Å²) in [5.41, 5.74) is 0.608. The van der Waals surface area contributed by atoms with Crippen molar-refractivity contribution in [2.75, 3.05) is 46.4 Å². The number of nitrogens with one attached hydrogen (secondary N) is 2. The molecule has 1 aliphatic rings. The third-order valence-corrected chi connectivity index (χ3v) is 4.26. The molecule has 1 aromatic rings. The molecule has 1 aliphatic heterocycles. The van der Waals surface area contributed by atoms with Crippen molar-refractivity contribution in [3.8, 4) is 5.75 Å². The Morgan fingerprint density at radius 2 is 2.14 bits per heavy atom. The van der Waals surface area contributed by atoms with Crippen LogP contribution >= 0.6 is 28.3 Å². The highest BCUT2D eigenvalue weighted by Gasteiger charge is 2.12. The number of carbonyl (C=O) groups excluding carboxylic acids is 1. The highest BCUT2D eigenvalue weighted by Crippen LogP contribution is 2.22. The molecule has 124 valence electrons. The second-order valence-corrected chi connectivity index (χ2v) is 5.90. The van der Waals surface area contributed by atoms with Crippen molar-refractivity contribution >= 4 is 34.2 Å². The minimum atomic E-state index is -0.0684. The highest BCUT2D eigenvalue weighted by molar-refractivity contribution is 9.10. The van der Waals surface area contributed by atoms with Gasteiger partial charge in [-0.1, -0.05) is 0 Å². The van der Waals surface area contributed by atoms with Crippen molar-refractivity contribution in [2.24, 2.45) is 0 Å². The molecule has 1 saturated heterocycles. The number of hydrogen-bond acceptors (Lipinski definition) is 4. The number of methoxy groups -OCH3 is 1. The third kappa shape index (κ3) is 5.76. The van der Waals surface area contributed by atoms with E-state index in [1.165, 1.54) is 0 Å². The molecule has 0 bridgehead atoms. The van der Waals surface area contributed by atoms with Crippen LogP contribution in [0.15, 0.2) is 22.7 Å². The van der Waals surface area contributed by atoms with Crippen molar-refractivity contribution < 1.29 is 9.53 Å². The van der Waals surface area contributed by atoms with E-state index in [1.54, 1.807) is 13.2 Å². The van der Waals surface area contributed by atoms with Crippen LogP contribution in [0.5, 0.6) is 5.75 Å². The second kappa shape index (κ2) is 10.0. The highest BCUT2D eigenvalue weighted by atomic mass is 79.9. The predicted octanol–water partition coefficient (Wildman–Crippen LogP) is 1.90. The Hall–Kier alpha value is -0.820. The molecule has 0 aliphatic carbocycles. The van der Waals surface area contributed by atoms with Crippen molar-refractivity contribution in [3.63, 3.8) is 0 Å². The van der Waals surface area contributed by atoms with Gasteiger partial charge in [-0.25, -0.2) is 0 Å². The molecule has 1 amide bonds. The van der Waals surface area contributed by atoms with Gasteiger partial charge in [0.05, 0.1) is 12.7 Å². The van der Waals surface area contributed by atoms with E-state index in [9.17, 15) is 4.79 Å². The number of halogens is 2. The topological polar surface area (TPSA) is 53.6 Å². The lowest BCUT2D eigenvalue weighted by Gasteiger charge is -2.27. The molecule has 7 heteroatoms. The van der Waals surface area contributed by atoms with Crippen LogP contribution in [-0.4, -0.2) is 57.2 Å². The second-order valence-electron chi connectivity index (χ2n) is 5.05. The lowest BCUT2D eigenvalue weighted by atomic mass is 10.2. The number of nitrogens with zero attached hydrogens (tertiary/aromatic N) is 1. The molecule has 22 heavy (non-hydrogen) atoms. The van der Waals surface area contributed by atoms with Gasteiger partial charge >= 0.3 is 0 Å². The van der Waals surface area contributed by atoms with E-state index in [2.05, 4.69) is 31.5 Å². The Morgan fingerprint density at radius 1 is 1.41 bits per heavy atom. The van der Waals surface area contributed by atoms with E-state index in [0.717, 1.165) is 43.6 Å². The zero-order chi connectivity index (χ0) is 15.1. The summed E-state index contributed by atoms with van der Waals surface area (Å²) in [4.78, 5) is 14.6. The van der Waals surface area contributed by atoms with E-state index in [0.29, 0.717) is 17.9 Å². The first-order chi connectivity index (χ1) is 10.2. The maximum atomic E-state index is 12.2. The number of benzene rings is 1. The van der Waals surface area contributed by atoms with Crippen LogP contribution in [0.4, 0.5) is 0 Å². The van der Waals surface area contributed by atoms with Crippen LogP contribution in [0.1, 0.15) is 16.8 Å². The number of amides is 1. The van der Waals surface area contributed by atoms with Crippen LogP contribution in [0.25, 0.3) is 0 Å². The first-order valence-corrected chi connectivity index (χ1v) is 8.05. The van der Waals surface area contributed by atoms with E-state index < -0.39 is 0 Å². The number of hydrogen-bond donors (Lipinski definition) is 2. The molecule has 0 saturated carbocycles. The zero-order valence-corrected chi connectivity index (χ0v) is 15.1. The van der Waals surface area contributed by atoms with Crippen molar-refractivity contribution in [1.29, 1.82) is 0 Å². The van der Waals surface area contributed by atoms with Gasteiger partial charge < -0.3 is 20.3 Å². The molecule has 0 aromatic heterocycles. The van der Waals surface area contributed by atoms with Gasteiger partial charge in [-0.3, -0.25) is 4.79 Å². The Balaban J connectivity index is 0.00000242. The summed E-state index contributed by atoms with van der Waals surface area (Å²) in [5.74, 6) is 0.616. The monoisotopic (exact) mass is 391 g/mol. The minimum Gasteiger partial charge on any atom is -0.497 e. The third-order valence-electron chi connectivity index (χ3n) is 3.56. The Labute approximate surface area is 146 Å². The van der Waals surface area contributed by atoms with Gasteiger partial charge in [-0.15, -0.1) is 12.4 Å². The first-order valence-electron chi connectivity index (χ1n) is 7.25. The molecule has 0 radical (unpaired) electrons. The van der Waals surface area contributed by atoms with E-state index in [1.807, 2.05) is 12.1 Å². The van der Waals surface area contributed by atoms with E-state index >= 15 is 0 Å². The Bertz CT molecular complexity index is 482. The average Bonchev–Trinajstić information content (AvgIpc) is 2.53. The number of carbonyl (C=O) groups is 1. The number of rotatable bonds is 6. The van der Waals surface area contributed by atoms with Gasteiger partial charge in [0.1, 0.15) is 5.75 Å². The molecule has 2 rings (SSSR count). The van der Waals surface area contributed by atoms with Gasteiger partial charge in [0.2, 0.25) is 0 Å². The lowest BCUT2D eigenvalue weighted by molar-refractivity contribution is 0.0950. The molecular weight excluding hydrogens is 370 g/mol. The Kier molecular flexibility index (Phi) is 8.78. The average molecular weight is 393 g/mol. The summed E-state index contributed by atoms with van der Waals surface area (Å²) < 4.78 is 5.93. The molecule has 0 unspecified atom stereocenters. The summed E-state index contributed by atoms with van der Waals surface area (Å²) >= 11 is 3.40. The van der Waals surface area contributed by atoms with Gasteiger partial charge in [-0.05, 0) is 47.1 Å². The fraction of sp³-hybridized carbons (Fsp3) is 0.533. The van der Waals surface area contributed by atoms with Crippen LogP contribution in [-0.2, 0) is 0 Å². The fourth-order valence-corrected chi connectivity index (χ4v) is 2.77. The number of piperazine rings is 1. The molecule has 1 fully saturated rings. The maximum Gasteiger partial charge on any atom is 0.252 e. The molecule has 1 heterocycles. The number of ether oxygens (including phenoxy) is 1. The summed E-state index contributed by atoms with van der Waals surface area (Å²) in [5, 5.41) is 6.30. The predicted molar refractivity (Wildman–Crippen MR) is 94.2 cm³/mol. The summed E-state index contributed by atoms with van der Waals surface area (Å²) in [6.45, 7) is 6.02. The van der Waals surface area contributed by atoms with Gasteiger partial charge in [-0.2, -0.15) is 0 Å². The van der Waals surface area contributed by atoms with Crippen LogP contribution in [0.3, 0.4) is 0 Å². The maximum absolute atomic E-state index is 12.2. The molecule has 1 aromatic carbocycles. The van der Waals surface area contributed by atoms with Crippen molar-refractivity contribution in [2.45, 2.75) is 6.42 Å². The lowest BCUT2D eigenvalue weighted by Crippen LogP contribution is -2.44. The summed E-state index contributed by atoms with van der Waals surface area (Å²) in [6, 6.07) is 5.40.